The van der Waals surface area contributed by atoms with Gasteiger partial charge in [0, 0.05) is 44.7 Å². The van der Waals surface area contributed by atoms with Crippen molar-refractivity contribution in [3.63, 3.8) is 0 Å². The first-order valence-electron chi connectivity index (χ1n) is 7.86. The van der Waals surface area contributed by atoms with E-state index in [4.69, 9.17) is 0 Å². The maximum atomic E-state index is 4.55. The van der Waals surface area contributed by atoms with Gasteiger partial charge in [0.2, 0.25) is 0 Å². The molecule has 0 aromatic heterocycles. The van der Waals surface area contributed by atoms with Gasteiger partial charge >= 0.3 is 0 Å². The molecule has 3 heteroatoms. The number of nitrogens with zero attached hydrogens (tertiary/aromatic N) is 2. The van der Waals surface area contributed by atoms with Crippen molar-refractivity contribution < 1.29 is 0 Å². The lowest BCUT2D eigenvalue weighted by atomic mass is 10.00. The van der Waals surface area contributed by atoms with Crippen LogP contribution >= 0.6 is 12.6 Å². The fourth-order valence-corrected chi connectivity index (χ4v) is 3.28. The third-order valence-corrected chi connectivity index (χ3v) is 5.03. The molecule has 1 heterocycles. The highest BCUT2D eigenvalue weighted by Crippen LogP contribution is 2.19. The molecule has 1 aromatic carbocycles. The molecule has 1 aliphatic rings. The van der Waals surface area contributed by atoms with Gasteiger partial charge in [0.05, 0.1) is 0 Å². The Morgan fingerprint density at radius 1 is 1.10 bits per heavy atom. The summed E-state index contributed by atoms with van der Waals surface area (Å²) in [7, 11) is 0. The van der Waals surface area contributed by atoms with Gasteiger partial charge in [-0.2, -0.15) is 12.6 Å². The summed E-state index contributed by atoms with van der Waals surface area (Å²) >= 11 is 4.55. The van der Waals surface area contributed by atoms with Crippen molar-refractivity contribution in [2.45, 2.75) is 32.2 Å². The molecule has 2 unspecified atom stereocenters. The Labute approximate surface area is 129 Å². The molecule has 0 N–H and O–H groups in total. The number of hydrogen-bond donors (Lipinski definition) is 1. The van der Waals surface area contributed by atoms with E-state index in [1.165, 1.54) is 38.2 Å². The van der Waals surface area contributed by atoms with E-state index in [0.29, 0.717) is 5.92 Å². The van der Waals surface area contributed by atoms with Crippen LogP contribution in [0.5, 0.6) is 0 Å². The molecule has 1 aliphatic heterocycles. The van der Waals surface area contributed by atoms with Crippen LogP contribution in [-0.2, 0) is 0 Å². The van der Waals surface area contributed by atoms with Crippen molar-refractivity contribution in [2.75, 3.05) is 38.5 Å². The van der Waals surface area contributed by atoms with Gasteiger partial charge in [0.1, 0.15) is 0 Å². The van der Waals surface area contributed by atoms with Gasteiger partial charge in [-0.05, 0) is 24.7 Å². The SMILES string of the molecule is CCC(C)N1CCN(CC(CS)c2ccccc2)CC1. The lowest BCUT2D eigenvalue weighted by Gasteiger charge is -2.39. The van der Waals surface area contributed by atoms with Crippen LogP contribution < -0.4 is 0 Å². The first-order chi connectivity index (χ1) is 9.74. The molecule has 1 aromatic rings. The largest absolute Gasteiger partial charge is 0.300 e. The zero-order valence-electron chi connectivity index (χ0n) is 12.8. The van der Waals surface area contributed by atoms with Crippen LogP contribution in [0, 0.1) is 0 Å². The van der Waals surface area contributed by atoms with Crippen molar-refractivity contribution in [3.8, 4) is 0 Å². The summed E-state index contributed by atoms with van der Waals surface area (Å²) in [5, 5.41) is 0. The van der Waals surface area contributed by atoms with Crippen molar-refractivity contribution in [2.24, 2.45) is 0 Å². The van der Waals surface area contributed by atoms with E-state index in [0.717, 1.165) is 18.3 Å². The van der Waals surface area contributed by atoms with Gasteiger partial charge in [-0.15, -0.1) is 0 Å². The Kier molecular flexibility index (Phi) is 6.40. The second kappa shape index (κ2) is 8.06. The third-order valence-electron chi connectivity index (χ3n) is 4.59. The summed E-state index contributed by atoms with van der Waals surface area (Å²) in [6.45, 7) is 10.6. The number of rotatable bonds is 6. The molecule has 1 fully saturated rings. The summed E-state index contributed by atoms with van der Waals surface area (Å²) < 4.78 is 0. The van der Waals surface area contributed by atoms with E-state index < -0.39 is 0 Å². The first kappa shape index (κ1) is 15.9. The monoisotopic (exact) mass is 292 g/mol. The Morgan fingerprint density at radius 2 is 1.75 bits per heavy atom. The molecule has 0 aliphatic carbocycles. The van der Waals surface area contributed by atoms with Crippen LogP contribution in [-0.4, -0.2) is 54.3 Å². The van der Waals surface area contributed by atoms with Gasteiger partial charge < -0.3 is 4.90 Å². The minimum Gasteiger partial charge on any atom is -0.300 e. The molecule has 0 radical (unpaired) electrons. The van der Waals surface area contributed by atoms with Crippen LogP contribution in [0.2, 0.25) is 0 Å². The van der Waals surface area contributed by atoms with Crippen LogP contribution in [0.4, 0.5) is 0 Å². The quantitative estimate of drug-likeness (QED) is 0.805. The van der Waals surface area contributed by atoms with E-state index in [-0.39, 0.29) is 0 Å². The summed E-state index contributed by atoms with van der Waals surface area (Å²) in [6.07, 6.45) is 1.25. The Bertz CT molecular complexity index is 374. The maximum Gasteiger partial charge on any atom is 0.0113 e. The van der Waals surface area contributed by atoms with Gasteiger partial charge in [-0.3, -0.25) is 4.90 Å². The molecule has 1 saturated heterocycles. The van der Waals surface area contributed by atoms with Gasteiger partial charge in [0.15, 0.2) is 0 Å². The fraction of sp³-hybridized carbons (Fsp3) is 0.647. The van der Waals surface area contributed by atoms with Crippen LogP contribution in [0.1, 0.15) is 31.7 Å². The average Bonchev–Trinajstić information content (AvgIpc) is 2.53. The molecular weight excluding hydrogens is 264 g/mol. The second-order valence-electron chi connectivity index (χ2n) is 5.88. The van der Waals surface area contributed by atoms with Gasteiger partial charge in [-0.1, -0.05) is 37.3 Å². The number of hydrogen-bond acceptors (Lipinski definition) is 3. The third kappa shape index (κ3) is 4.24. The summed E-state index contributed by atoms with van der Waals surface area (Å²) in [5.74, 6) is 1.48. The lowest BCUT2D eigenvalue weighted by Crippen LogP contribution is -2.50. The van der Waals surface area contributed by atoms with E-state index in [1.54, 1.807) is 0 Å². The molecule has 20 heavy (non-hydrogen) atoms. The van der Waals surface area contributed by atoms with E-state index in [9.17, 15) is 0 Å². The predicted octanol–water partition coefficient (Wildman–Crippen LogP) is 3.12. The second-order valence-corrected chi connectivity index (χ2v) is 6.25. The first-order valence-corrected chi connectivity index (χ1v) is 8.50. The molecule has 0 bridgehead atoms. The standard InChI is InChI=1S/C17H28N2S/c1-3-15(2)19-11-9-18(10-12-19)13-17(14-20)16-7-5-4-6-8-16/h4-8,15,17,20H,3,9-14H2,1-2H3. The summed E-state index contributed by atoms with van der Waals surface area (Å²) in [4.78, 5) is 5.22. The minimum atomic E-state index is 0.551. The van der Waals surface area contributed by atoms with Crippen molar-refractivity contribution >= 4 is 12.6 Å². The van der Waals surface area contributed by atoms with Crippen LogP contribution in [0.25, 0.3) is 0 Å². The smallest absolute Gasteiger partial charge is 0.0113 e. The lowest BCUT2D eigenvalue weighted by molar-refractivity contribution is 0.0978. The van der Waals surface area contributed by atoms with E-state index >= 15 is 0 Å². The highest BCUT2D eigenvalue weighted by molar-refractivity contribution is 7.80. The van der Waals surface area contributed by atoms with Crippen molar-refractivity contribution in [1.82, 2.24) is 9.80 Å². The molecule has 0 saturated carbocycles. The zero-order chi connectivity index (χ0) is 14.4. The zero-order valence-corrected chi connectivity index (χ0v) is 13.7. The highest BCUT2D eigenvalue weighted by Gasteiger charge is 2.22. The molecule has 112 valence electrons. The van der Waals surface area contributed by atoms with Gasteiger partial charge in [-0.25, -0.2) is 0 Å². The Hall–Kier alpha value is -0.510. The normalized spacial score (nSPS) is 20.8. The molecule has 0 spiro atoms. The fourth-order valence-electron chi connectivity index (χ4n) is 2.95. The summed E-state index contributed by atoms with van der Waals surface area (Å²) in [5.41, 5.74) is 1.42. The topological polar surface area (TPSA) is 6.48 Å². The van der Waals surface area contributed by atoms with Crippen LogP contribution in [0.15, 0.2) is 30.3 Å². The maximum absolute atomic E-state index is 4.55. The average molecular weight is 292 g/mol. The molecule has 2 nitrogen and oxygen atoms in total. The number of piperazine rings is 1. The molecule has 2 atom stereocenters. The van der Waals surface area contributed by atoms with E-state index in [1.807, 2.05) is 0 Å². The highest BCUT2D eigenvalue weighted by atomic mass is 32.1. The molecule has 2 rings (SSSR count). The van der Waals surface area contributed by atoms with Gasteiger partial charge in [0.25, 0.3) is 0 Å². The number of benzene rings is 1. The minimum absolute atomic E-state index is 0.551. The predicted molar refractivity (Wildman–Crippen MR) is 90.8 cm³/mol. The Balaban J connectivity index is 1.85. The summed E-state index contributed by atoms with van der Waals surface area (Å²) in [6, 6.07) is 11.5. The van der Waals surface area contributed by atoms with Crippen molar-refractivity contribution in [1.29, 1.82) is 0 Å². The molecular formula is C17H28N2S. The van der Waals surface area contributed by atoms with Crippen molar-refractivity contribution in [3.05, 3.63) is 35.9 Å². The van der Waals surface area contributed by atoms with E-state index in [2.05, 4.69) is 66.6 Å². The molecule has 0 amide bonds. The Morgan fingerprint density at radius 3 is 2.30 bits per heavy atom. The number of thiol groups is 1. The van der Waals surface area contributed by atoms with Crippen LogP contribution in [0.3, 0.4) is 0 Å².